The number of aromatic nitrogens is 3. The van der Waals surface area contributed by atoms with Crippen LogP contribution in [0.4, 0.5) is 0 Å². The minimum Gasteiger partial charge on any atom is -0.507 e. The Morgan fingerprint density at radius 1 is 1.15 bits per heavy atom. The maximum atomic E-state index is 14.2. The highest BCUT2D eigenvalue weighted by atomic mass is 16.5. The number of allylic oxidation sites excluding steroid dienone is 4. The Hall–Kier alpha value is -4.93. The van der Waals surface area contributed by atoms with Crippen molar-refractivity contribution < 1.29 is 34.1 Å². The second-order valence-corrected chi connectivity index (χ2v) is 10.0. The normalized spacial score (nSPS) is 19.8. The van der Waals surface area contributed by atoms with Gasteiger partial charge in [0.25, 0.3) is 0 Å². The van der Waals surface area contributed by atoms with Crippen molar-refractivity contribution in [1.82, 2.24) is 20.1 Å². The van der Waals surface area contributed by atoms with Gasteiger partial charge < -0.3 is 25.0 Å². The predicted molar refractivity (Wildman–Crippen MR) is 142 cm³/mol. The highest BCUT2D eigenvalue weighted by molar-refractivity contribution is 6.31. The van der Waals surface area contributed by atoms with Crippen molar-refractivity contribution in [1.29, 1.82) is 0 Å². The SMILES string of the molecule is COc1ccc(C(NC(C)=C2C(=O)C=C3Oc4c(C(C)=O)c(O)c(C)c(O)c4[C@@]3(C)C2=O)c2ncn(C)n2)cc1. The quantitative estimate of drug-likeness (QED) is 0.240. The van der Waals surface area contributed by atoms with Gasteiger partial charge in [0.05, 0.1) is 18.2 Å². The molecule has 1 aliphatic carbocycles. The minimum absolute atomic E-state index is 0.0279. The first-order valence-corrected chi connectivity index (χ1v) is 12.5. The van der Waals surface area contributed by atoms with Crippen LogP contribution >= 0.6 is 0 Å². The van der Waals surface area contributed by atoms with Crippen LogP contribution in [-0.4, -0.2) is 49.4 Å². The molecule has 0 spiro atoms. The number of hydrogen-bond donors (Lipinski definition) is 3. The molecule has 11 nitrogen and oxygen atoms in total. The average Bonchev–Trinajstić information content (AvgIpc) is 3.47. The van der Waals surface area contributed by atoms with Crippen molar-refractivity contribution in [2.75, 3.05) is 7.11 Å². The number of nitrogens with zero attached hydrogens (tertiary/aromatic N) is 3. The molecule has 1 aromatic heterocycles. The molecule has 206 valence electrons. The van der Waals surface area contributed by atoms with E-state index in [4.69, 9.17) is 9.47 Å². The van der Waals surface area contributed by atoms with Crippen LogP contribution in [0.25, 0.3) is 0 Å². The number of methoxy groups -OCH3 is 1. The van der Waals surface area contributed by atoms with Gasteiger partial charge in [-0.1, -0.05) is 12.1 Å². The molecular formula is C29H28N4O7. The zero-order chi connectivity index (χ0) is 29.1. The summed E-state index contributed by atoms with van der Waals surface area (Å²) >= 11 is 0. The first-order chi connectivity index (χ1) is 18.9. The van der Waals surface area contributed by atoms with E-state index in [-0.39, 0.29) is 45.2 Å². The molecule has 11 heteroatoms. The smallest absolute Gasteiger partial charge is 0.194 e. The molecule has 0 saturated carbocycles. The lowest BCUT2D eigenvalue weighted by molar-refractivity contribution is -0.123. The summed E-state index contributed by atoms with van der Waals surface area (Å²) in [7, 11) is 3.29. The van der Waals surface area contributed by atoms with Gasteiger partial charge >= 0.3 is 0 Å². The number of Topliss-reactive ketones (excluding diaryl/α,β-unsaturated/α-hetero) is 2. The van der Waals surface area contributed by atoms with Gasteiger partial charge in [0.1, 0.15) is 52.1 Å². The monoisotopic (exact) mass is 544 g/mol. The molecule has 3 N–H and O–H groups in total. The second kappa shape index (κ2) is 9.37. The fourth-order valence-electron chi connectivity index (χ4n) is 5.23. The van der Waals surface area contributed by atoms with E-state index in [2.05, 4.69) is 15.4 Å². The number of phenols is 2. The number of phenolic OH excluding ortho intramolecular Hbond substituents is 2. The van der Waals surface area contributed by atoms with Gasteiger partial charge in [-0.15, -0.1) is 0 Å². The van der Waals surface area contributed by atoms with Gasteiger partial charge in [-0.2, -0.15) is 5.10 Å². The van der Waals surface area contributed by atoms with Crippen LogP contribution in [0.15, 0.2) is 53.7 Å². The van der Waals surface area contributed by atoms with E-state index < -0.39 is 34.6 Å². The van der Waals surface area contributed by atoms with Crippen LogP contribution in [0.5, 0.6) is 23.0 Å². The fraction of sp³-hybridized carbons (Fsp3) is 0.276. The van der Waals surface area contributed by atoms with Gasteiger partial charge in [-0.25, -0.2) is 4.98 Å². The summed E-state index contributed by atoms with van der Waals surface area (Å²) in [6, 6.07) is 6.59. The Morgan fingerprint density at radius 2 is 1.82 bits per heavy atom. The number of hydrogen-bond acceptors (Lipinski definition) is 10. The fourth-order valence-corrected chi connectivity index (χ4v) is 5.23. The van der Waals surface area contributed by atoms with Crippen molar-refractivity contribution in [3.63, 3.8) is 0 Å². The Labute approximate surface area is 229 Å². The Morgan fingerprint density at radius 3 is 2.40 bits per heavy atom. The Balaban J connectivity index is 1.64. The molecule has 0 fully saturated rings. The van der Waals surface area contributed by atoms with Gasteiger partial charge in [-0.05, 0) is 45.4 Å². The number of carbonyl (C=O) groups is 3. The number of carbonyl (C=O) groups excluding carboxylic acids is 3. The van der Waals surface area contributed by atoms with Crippen LogP contribution in [-0.2, 0) is 22.1 Å². The van der Waals surface area contributed by atoms with Crippen molar-refractivity contribution in [2.24, 2.45) is 7.05 Å². The molecule has 0 saturated heterocycles. The Kier molecular flexibility index (Phi) is 6.24. The van der Waals surface area contributed by atoms with E-state index in [0.29, 0.717) is 11.6 Å². The van der Waals surface area contributed by atoms with Crippen LogP contribution in [0.2, 0.25) is 0 Å². The maximum Gasteiger partial charge on any atom is 0.194 e. The molecule has 40 heavy (non-hydrogen) atoms. The van der Waals surface area contributed by atoms with Crippen LogP contribution < -0.4 is 14.8 Å². The third-order valence-corrected chi connectivity index (χ3v) is 7.45. The summed E-state index contributed by atoms with van der Waals surface area (Å²) in [6.45, 7) is 5.80. The lowest BCUT2D eigenvalue weighted by Gasteiger charge is -2.29. The third kappa shape index (κ3) is 3.84. The molecule has 2 aromatic carbocycles. The second-order valence-electron chi connectivity index (χ2n) is 10.0. The van der Waals surface area contributed by atoms with Gasteiger partial charge in [0.2, 0.25) is 0 Å². The number of aromatic hydroxyl groups is 2. The Bertz CT molecular complexity index is 1670. The van der Waals surface area contributed by atoms with E-state index in [1.54, 1.807) is 44.2 Å². The van der Waals surface area contributed by atoms with Gasteiger partial charge in [-0.3, -0.25) is 19.1 Å². The highest BCUT2D eigenvalue weighted by Crippen LogP contribution is 2.57. The average molecular weight is 545 g/mol. The molecule has 0 bridgehead atoms. The topological polar surface area (TPSA) is 153 Å². The standard InChI is InChI=1S/C29H28N4O7/c1-13-24(36)21(15(3)34)26-22(25(13)37)29(4)19(40-26)11-18(35)20(27(29)38)14(2)31-23(28-30-12-33(5)32-28)16-7-9-17(39-6)10-8-16/h7-12,23,31,36-37H,1-6H3/t23?,29-/m0/s1. The van der Waals surface area contributed by atoms with E-state index in [0.717, 1.165) is 5.56 Å². The molecule has 2 atom stereocenters. The molecule has 3 aromatic rings. The van der Waals surface area contributed by atoms with E-state index >= 15 is 0 Å². The zero-order valence-corrected chi connectivity index (χ0v) is 22.8. The van der Waals surface area contributed by atoms with Crippen LogP contribution in [0.3, 0.4) is 0 Å². The predicted octanol–water partition coefficient (Wildman–Crippen LogP) is 3.08. The summed E-state index contributed by atoms with van der Waals surface area (Å²) < 4.78 is 12.6. The lowest BCUT2D eigenvalue weighted by Crippen LogP contribution is -2.41. The number of fused-ring (bicyclic) bond motifs is 3. The maximum absolute atomic E-state index is 14.2. The molecule has 0 radical (unpaired) electrons. The highest BCUT2D eigenvalue weighted by Gasteiger charge is 2.56. The van der Waals surface area contributed by atoms with E-state index in [1.807, 2.05) is 12.1 Å². The molecule has 1 aliphatic heterocycles. The van der Waals surface area contributed by atoms with Crippen molar-refractivity contribution in [3.05, 3.63) is 81.8 Å². The summed E-state index contributed by atoms with van der Waals surface area (Å²) in [6.07, 6.45) is 2.72. The van der Waals surface area contributed by atoms with Gasteiger partial charge in [0, 0.05) is 24.4 Å². The zero-order valence-electron chi connectivity index (χ0n) is 22.8. The molecule has 1 unspecified atom stereocenters. The summed E-state index contributed by atoms with van der Waals surface area (Å²) in [5, 5.41) is 29.3. The van der Waals surface area contributed by atoms with E-state index in [1.165, 1.54) is 26.8 Å². The molecule has 2 aliphatic rings. The number of ketones is 3. The van der Waals surface area contributed by atoms with E-state index in [9.17, 15) is 24.6 Å². The van der Waals surface area contributed by atoms with Crippen molar-refractivity contribution in [3.8, 4) is 23.0 Å². The van der Waals surface area contributed by atoms with Crippen molar-refractivity contribution >= 4 is 17.3 Å². The number of benzene rings is 2. The number of nitrogens with one attached hydrogen (secondary N) is 1. The number of ether oxygens (including phenoxy) is 2. The number of rotatable bonds is 6. The third-order valence-electron chi connectivity index (χ3n) is 7.45. The lowest BCUT2D eigenvalue weighted by atomic mass is 9.70. The molecule has 2 heterocycles. The van der Waals surface area contributed by atoms with Crippen LogP contribution in [0, 0.1) is 6.92 Å². The largest absolute Gasteiger partial charge is 0.507 e. The number of aryl methyl sites for hydroxylation is 1. The minimum atomic E-state index is -1.62. The van der Waals surface area contributed by atoms with Crippen molar-refractivity contribution in [2.45, 2.75) is 39.2 Å². The summed E-state index contributed by atoms with van der Waals surface area (Å²) in [5.74, 6) is -1.68. The summed E-state index contributed by atoms with van der Waals surface area (Å²) in [4.78, 5) is 44.3. The van der Waals surface area contributed by atoms with Gasteiger partial charge in [0.15, 0.2) is 23.2 Å². The molecular weight excluding hydrogens is 516 g/mol. The molecule has 0 amide bonds. The van der Waals surface area contributed by atoms with Crippen LogP contribution in [0.1, 0.15) is 59.7 Å². The molecule has 5 rings (SSSR count). The summed E-state index contributed by atoms with van der Waals surface area (Å²) in [5.41, 5.74) is -0.854. The first-order valence-electron chi connectivity index (χ1n) is 12.5. The first kappa shape index (κ1) is 26.7.